The molecule has 0 spiro atoms. The highest BCUT2D eigenvalue weighted by atomic mass is 16.4. The summed E-state index contributed by atoms with van der Waals surface area (Å²) < 4.78 is 0. The van der Waals surface area contributed by atoms with Gasteiger partial charge in [-0.15, -0.1) is 0 Å². The van der Waals surface area contributed by atoms with Crippen molar-refractivity contribution in [1.29, 1.82) is 0 Å². The summed E-state index contributed by atoms with van der Waals surface area (Å²) in [6, 6.07) is -3.58. The van der Waals surface area contributed by atoms with Crippen LogP contribution < -0.4 is 27.8 Å². The van der Waals surface area contributed by atoms with Crippen LogP contribution in [0.1, 0.15) is 25.5 Å². The van der Waals surface area contributed by atoms with Crippen LogP contribution in [-0.2, 0) is 20.8 Å². The van der Waals surface area contributed by atoms with Crippen molar-refractivity contribution < 1.29 is 24.6 Å². The molecule has 2 amide bonds. The average molecular weight is 412 g/mol. The van der Waals surface area contributed by atoms with Gasteiger partial charge in [0.25, 0.3) is 0 Å². The van der Waals surface area contributed by atoms with Gasteiger partial charge in [-0.3, -0.25) is 14.6 Å². The molecule has 0 aromatic carbocycles. The Balaban J connectivity index is 2.79. The summed E-state index contributed by atoms with van der Waals surface area (Å²) in [6.45, 7) is 1.44. The monoisotopic (exact) mass is 412 g/mol. The van der Waals surface area contributed by atoms with Crippen LogP contribution in [0.4, 0.5) is 0 Å². The molecule has 0 aliphatic rings. The first-order valence-corrected chi connectivity index (χ1v) is 8.91. The minimum absolute atomic E-state index is 0.114. The maximum atomic E-state index is 12.5. The highest BCUT2D eigenvalue weighted by molar-refractivity contribution is 5.92. The van der Waals surface area contributed by atoms with Gasteiger partial charge >= 0.3 is 5.97 Å². The van der Waals surface area contributed by atoms with Crippen LogP contribution in [-0.4, -0.2) is 74.7 Å². The van der Waals surface area contributed by atoms with Gasteiger partial charge < -0.3 is 43.0 Å². The Morgan fingerprint density at radius 3 is 2.48 bits per heavy atom. The number of imidazole rings is 1. The molecule has 4 atom stereocenters. The Hall–Kier alpha value is -3.19. The number of aliphatic hydroxyl groups is 1. The van der Waals surface area contributed by atoms with Crippen LogP contribution in [0.3, 0.4) is 0 Å². The summed E-state index contributed by atoms with van der Waals surface area (Å²) in [7, 11) is 0. The number of hydrogen-bond donors (Lipinski definition) is 8. The van der Waals surface area contributed by atoms with E-state index >= 15 is 0 Å². The largest absolute Gasteiger partial charge is 0.480 e. The van der Waals surface area contributed by atoms with Gasteiger partial charge in [0.1, 0.15) is 6.04 Å². The lowest BCUT2D eigenvalue weighted by molar-refractivity contribution is -0.145. The minimum Gasteiger partial charge on any atom is -0.480 e. The van der Waals surface area contributed by atoms with Crippen molar-refractivity contribution in [3.8, 4) is 0 Å². The molecule has 0 saturated carbocycles. The average Bonchev–Trinajstić information content (AvgIpc) is 3.13. The summed E-state index contributed by atoms with van der Waals surface area (Å²) in [5.41, 5.74) is 17.0. The summed E-state index contributed by atoms with van der Waals surface area (Å²) in [4.78, 5) is 46.6. The van der Waals surface area contributed by atoms with E-state index in [2.05, 4.69) is 25.6 Å². The van der Waals surface area contributed by atoms with Crippen molar-refractivity contribution in [2.45, 2.75) is 50.4 Å². The van der Waals surface area contributed by atoms with Gasteiger partial charge in [-0.2, -0.15) is 0 Å². The van der Waals surface area contributed by atoms with Gasteiger partial charge in [-0.1, -0.05) is 0 Å². The number of carbonyl (C=O) groups excluding carboxylic acids is 2. The first kappa shape index (κ1) is 23.8. The SMILES string of the molecule is C[C@@H](O)[C@H](NC(=O)[C@H](CCCN=C(N)N)NC(=O)[C@@H](N)Cc1cnc[nH]1)C(=O)O. The number of aliphatic imine (C=N–C) groups is 1. The van der Waals surface area contributed by atoms with Gasteiger partial charge in [-0.25, -0.2) is 9.78 Å². The summed E-state index contributed by atoms with van der Waals surface area (Å²) >= 11 is 0. The molecule has 0 saturated heterocycles. The second kappa shape index (κ2) is 11.6. The van der Waals surface area contributed by atoms with Gasteiger partial charge in [0.15, 0.2) is 12.0 Å². The number of nitrogens with one attached hydrogen (secondary N) is 3. The Bertz CT molecular complexity index is 702. The van der Waals surface area contributed by atoms with Gasteiger partial charge in [0, 0.05) is 24.9 Å². The van der Waals surface area contributed by atoms with E-state index in [1.54, 1.807) is 0 Å². The Morgan fingerprint density at radius 2 is 1.97 bits per heavy atom. The third-order valence-corrected chi connectivity index (χ3v) is 3.96. The molecule has 1 rings (SSSR count). The third kappa shape index (κ3) is 8.57. The van der Waals surface area contributed by atoms with E-state index in [-0.39, 0.29) is 25.3 Å². The lowest BCUT2D eigenvalue weighted by Crippen LogP contribution is -2.56. The van der Waals surface area contributed by atoms with Gasteiger partial charge in [0.05, 0.1) is 18.5 Å². The summed E-state index contributed by atoms with van der Waals surface area (Å²) in [5.74, 6) is -2.90. The molecule has 0 unspecified atom stereocenters. The van der Waals surface area contributed by atoms with Gasteiger partial charge in [0.2, 0.25) is 11.8 Å². The number of rotatable bonds is 12. The molecule has 1 heterocycles. The number of aliphatic carboxylic acids is 1. The molecule has 29 heavy (non-hydrogen) atoms. The molecular weight excluding hydrogens is 384 g/mol. The molecule has 0 aliphatic heterocycles. The van der Waals surface area contributed by atoms with Crippen LogP contribution in [0.5, 0.6) is 0 Å². The number of nitrogens with two attached hydrogens (primary N) is 3. The lowest BCUT2D eigenvalue weighted by Gasteiger charge is -2.23. The molecule has 13 nitrogen and oxygen atoms in total. The predicted octanol–water partition coefficient (Wildman–Crippen LogP) is -3.23. The molecule has 11 N–H and O–H groups in total. The third-order valence-electron chi connectivity index (χ3n) is 3.96. The van der Waals surface area contributed by atoms with Crippen LogP contribution >= 0.6 is 0 Å². The zero-order valence-electron chi connectivity index (χ0n) is 16.0. The molecule has 13 heteroatoms. The zero-order chi connectivity index (χ0) is 22.0. The highest BCUT2D eigenvalue weighted by Gasteiger charge is 2.30. The number of H-pyrrole nitrogens is 1. The number of aliphatic hydroxyl groups excluding tert-OH is 1. The molecular formula is C16H28N8O5. The number of aromatic amines is 1. The van der Waals surface area contributed by atoms with E-state index in [4.69, 9.17) is 22.3 Å². The van der Waals surface area contributed by atoms with E-state index in [1.165, 1.54) is 19.4 Å². The number of carbonyl (C=O) groups is 3. The van der Waals surface area contributed by atoms with E-state index in [1.807, 2.05) is 0 Å². The second-order valence-corrected chi connectivity index (χ2v) is 6.46. The predicted molar refractivity (Wildman–Crippen MR) is 103 cm³/mol. The summed E-state index contributed by atoms with van der Waals surface area (Å²) in [6.07, 6.45) is 2.25. The van der Waals surface area contributed by atoms with Crippen LogP contribution in [0.15, 0.2) is 17.5 Å². The Kier molecular flexibility index (Phi) is 9.55. The Morgan fingerprint density at radius 1 is 1.28 bits per heavy atom. The number of hydrogen-bond acceptors (Lipinski definition) is 7. The number of aromatic nitrogens is 2. The highest BCUT2D eigenvalue weighted by Crippen LogP contribution is 2.03. The molecule has 0 radical (unpaired) electrons. The quantitative estimate of drug-likeness (QED) is 0.0976. The molecule has 0 bridgehead atoms. The number of nitrogens with zero attached hydrogens (tertiary/aromatic N) is 2. The van der Waals surface area contributed by atoms with Crippen molar-refractivity contribution in [2.24, 2.45) is 22.2 Å². The lowest BCUT2D eigenvalue weighted by atomic mass is 10.1. The normalized spacial score (nSPS) is 14.9. The molecule has 1 aromatic rings. The van der Waals surface area contributed by atoms with Gasteiger partial charge in [-0.05, 0) is 19.8 Å². The van der Waals surface area contributed by atoms with E-state index in [0.29, 0.717) is 12.1 Å². The molecule has 0 aliphatic carbocycles. The molecule has 0 fully saturated rings. The first-order valence-electron chi connectivity index (χ1n) is 8.91. The van der Waals surface area contributed by atoms with Crippen LogP contribution in [0.25, 0.3) is 0 Å². The van der Waals surface area contributed by atoms with Crippen molar-refractivity contribution in [2.75, 3.05) is 6.54 Å². The van der Waals surface area contributed by atoms with E-state index in [9.17, 15) is 19.5 Å². The molecule has 1 aromatic heterocycles. The first-order chi connectivity index (χ1) is 13.6. The fourth-order valence-corrected chi connectivity index (χ4v) is 2.42. The fraction of sp³-hybridized carbons (Fsp3) is 0.562. The molecule has 162 valence electrons. The fourth-order valence-electron chi connectivity index (χ4n) is 2.42. The van der Waals surface area contributed by atoms with E-state index in [0.717, 1.165) is 0 Å². The van der Waals surface area contributed by atoms with Crippen molar-refractivity contribution in [1.82, 2.24) is 20.6 Å². The standard InChI is InChI=1S/C16H28N8O5/c1-8(25)12(15(28)29)24-14(27)11(3-2-4-21-16(18)19)23-13(26)10(17)5-9-6-20-7-22-9/h6-8,10-12,25H,2-5,17H2,1H3,(H,20,22)(H,23,26)(H,24,27)(H,28,29)(H4,18,19,21)/t8-,10+,11+,12+/m1/s1. The van der Waals surface area contributed by atoms with Crippen molar-refractivity contribution >= 4 is 23.7 Å². The van der Waals surface area contributed by atoms with Crippen molar-refractivity contribution in [3.05, 3.63) is 18.2 Å². The second-order valence-electron chi connectivity index (χ2n) is 6.46. The Labute approximate surface area is 167 Å². The number of carboxylic acids is 1. The maximum Gasteiger partial charge on any atom is 0.328 e. The smallest absolute Gasteiger partial charge is 0.328 e. The number of guanidine groups is 1. The van der Waals surface area contributed by atoms with Crippen LogP contribution in [0.2, 0.25) is 0 Å². The minimum atomic E-state index is -1.53. The topological polar surface area (TPSA) is 235 Å². The van der Waals surface area contributed by atoms with E-state index < -0.39 is 42.0 Å². The number of amides is 2. The zero-order valence-corrected chi connectivity index (χ0v) is 16.0. The number of carboxylic acid groups (broad SMARTS) is 1. The van der Waals surface area contributed by atoms with Crippen molar-refractivity contribution in [3.63, 3.8) is 0 Å². The maximum absolute atomic E-state index is 12.5. The van der Waals surface area contributed by atoms with Crippen LogP contribution in [0, 0.1) is 0 Å². The summed E-state index contributed by atoms with van der Waals surface area (Å²) in [5, 5.41) is 23.4.